The fourth-order valence-corrected chi connectivity index (χ4v) is 3.60. The number of halogens is 3. The molecule has 2 N–H and O–H groups in total. The van der Waals surface area contributed by atoms with E-state index >= 15 is 0 Å². The smallest absolute Gasteiger partial charge is 0.406 e. The molecular weight excluding hydrogens is 301 g/mol. The number of carboxylic acid groups (broad SMARTS) is 1. The van der Waals surface area contributed by atoms with Crippen molar-refractivity contribution in [3.8, 4) is 0 Å². The van der Waals surface area contributed by atoms with Crippen LogP contribution in [0.3, 0.4) is 0 Å². The average Bonchev–Trinajstić information content (AvgIpc) is 2.99. The number of alkyl halides is 3. The molecule has 2 rings (SSSR count). The molecule has 1 fully saturated rings. The molecule has 1 saturated heterocycles. The van der Waals surface area contributed by atoms with Gasteiger partial charge in [0.1, 0.15) is 0 Å². The fourth-order valence-electron chi connectivity index (χ4n) is 2.13. The van der Waals surface area contributed by atoms with Gasteiger partial charge < -0.3 is 10.1 Å². The maximum Gasteiger partial charge on any atom is 0.406 e. The van der Waals surface area contributed by atoms with E-state index in [1.165, 1.54) is 12.3 Å². The maximum absolute atomic E-state index is 13.0. The predicted molar refractivity (Wildman–Crippen MR) is 60.3 cm³/mol. The van der Waals surface area contributed by atoms with Gasteiger partial charge in [0, 0.05) is 25.5 Å². The van der Waals surface area contributed by atoms with Crippen molar-refractivity contribution >= 4 is 16.0 Å². The summed E-state index contributed by atoms with van der Waals surface area (Å²) in [6, 6.07) is 1.20. The molecule has 10 heteroatoms. The van der Waals surface area contributed by atoms with Crippen LogP contribution < -0.4 is 0 Å². The van der Waals surface area contributed by atoms with Gasteiger partial charge in [-0.05, 0) is 12.5 Å². The highest BCUT2D eigenvalue weighted by atomic mass is 32.2. The van der Waals surface area contributed by atoms with Crippen molar-refractivity contribution in [3.63, 3.8) is 0 Å². The van der Waals surface area contributed by atoms with Crippen LogP contribution in [0.4, 0.5) is 13.2 Å². The second-order valence-corrected chi connectivity index (χ2v) is 6.46. The highest BCUT2D eigenvalue weighted by Gasteiger charge is 2.65. The van der Waals surface area contributed by atoms with Gasteiger partial charge in [0.25, 0.3) is 0 Å². The lowest BCUT2D eigenvalue weighted by atomic mass is 9.86. The number of aliphatic carboxylic acids is 1. The second kappa shape index (κ2) is 4.48. The quantitative estimate of drug-likeness (QED) is 0.872. The number of carboxylic acids is 1. The van der Waals surface area contributed by atoms with Crippen molar-refractivity contribution in [2.24, 2.45) is 5.41 Å². The van der Waals surface area contributed by atoms with Gasteiger partial charge in [-0.1, -0.05) is 0 Å². The Balaban J connectivity index is 2.35. The molecule has 1 aromatic heterocycles. The zero-order chi connectivity index (χ0) is 15.2. The number of hydrogen-bond donors (Lipinski definition) is 2. The van der Waals surface area contributed by atoms with Crippen LogP contribution in [0.25, 0.3) is 0 Å². The van der Waals surface area contributed by atoms with Crippen molar-refractivity contribution in [2.45, 2.75) is 17.5 Å². The lowest BCUT2D eigenvalue weighted by Gasteiger charge is -2.27. The van der Waals surface area contributed by atoms with E-state index in [0.29, 0.717) is 4.31 Å². The van der Waals surface area contributed by atoms with Gasteiger partial charge in [-0.3, -0.25) is 4.79 Å². The molecule has 0 bridgehead atoms. The van der Waals surface area contributed by atoms with Crippen LogP contribution in [-0.4, -0.2) is 48.0 Å². The van der Waals surface area contributed by atoms with Crippen LogP contribution >= 0.6 is 0 Å². The third kappa shape index (κ3) is 2.08. The summed E-state index contributed by atoms with van der Waals surface area (Å²) < 4.78 is 63.6. The SMILES string of the molecule is O=C(O)C1(C(F)(F)F)CCN(S(=O)(=O)c2cc[nH]c2)C1. The summed E-state index contributed by atoms with van der Waals surface area (Å²) >= 11 is 0. The number of nitrogens with one attached hydrogen (secondary N) is 1. The number of hydrogen-bond acceptors (Lipinski definition) is 3. The molecule has 0 aliphatic carbocycles. The summed E-state index contributed by atoms with van der Waals surface area (Å²) in [4.78, 5) is 13.3. The van der Waals surface area contributed by atoms with E-state index in [1.807, 2.05) is 0 Å². The molecule has 1 aliphatic heterocycles. The molecule has 1 aliphatic rings. The van der Waals surface area contributed by atoms with E-state index in [4.69, 9.17) is 5.11 Å². The summed E-state index contributed by atoms with van der Waals surface area (Å²) in [5, 5.41) is 8.87. The second-order valence-electron chi connectivity index (χ2n) is 4.52. The van der Waals surface area contributed by atoms with Crippen molar-refractivity contribution in [2.75, 3.05) is 13.1 Å². The Bertz CT molecular complexity index is 611. The zero-order valence-corrected chi connectivity index (χ0v) is 10.8. The highest BCUT2D eigenvalue weighted by molar-refractivity contribution is 7.89. The largest absolute Gasteiger partial charge is 0.481 e. The van der Waals surface area contributed by atoms with Gasteiger partial charge in [0.2, 0.25) is 10.0 Å². The topological polar surface area (TPSA) is 90.5 Å². The number of aromatic amines is 1. The Morgan fingerprint density at radius 3 is 2.50 bits per heavy atom. The first-order valence-electron chi connectivity index (χ1n) is 5.54. The third-order valence-electron chi connectivity index (χ3n) is 3.39. The summed E-state index contributed by atoms with van der Waals surface area (Å²) in [7, 11) is -4.12. The summed E-state index contributed by atoms with van der Waals surface area (Å²) in [5.41, 5.74) is -3.05. The average molecular weight is 312 g/mol. The molecule has 112 valence electrons. The minimum atomic E-state index is -5.01. The van der Waals surface area contributed by atoms with Gasteiger partial charge in [0.05, 0.1) is 4.90 Å². The van der Waals surface area contributed by atoms with E-state index in [0.717, 1.165) is 6.20 Å². The lowest BCUT2D eigenvalue weighted by molar-refractivity contribution is -0.226. The molecule has 1 unspecified atom stereocenters. The van der Waals surface area contributed by atoms with E-state index in [1.54, 1.807) is 0 Å². The van der Waals surface area contributed by atoms with Crippen LogP contribution in [0, 0.1) is 5.41 Å². The Hall–Kier alpha value is -1.55. The van der Waals surface area contributed by atoms with Crippen molar-refractivity contribution in [1.29, 1.82) is 0 Å². The predicted octanol–water partition coefficient (Wildman–Crippen LogP) is 1.04. The lowest BCUT2D eigenvalue weighted by Crippen LogP contribution is -2.47. The van der Waals surface area contributed by atoms with E-state index < -0.39 is 47.1 Å². The summed E-state index contributed by atoms with van der Waals surface area (Å²) in [6.07, 6.45) is -3.36. The van der Waals surface area contributed by atoms with Crippen LogP contribution in [0.2, 0.25) is 0 Å². The number of sulfonamides is 1. The molecule has 20 heavy (non-hydrogen) atoms. The van der Waals surface area contributed by atoms with E-state index in [2.05, 4.69) is 4.98 Å². The fraction of sp³-hybridized carbons (Fsp3) is 0.500. The first-order valence-corrected chi connectivity index (χ1v) is 6.98. The molecule has 6 nitrogen and oxygen atoms in total. The number of nitrogens with zero attached hydrogens (tertiary/aromatic N) is 1. The first-order chi connectivity index (χ1) is 9.11. The Morgan fingerprint density at radius 1 is 1.45 bits per heavy atom. The first kappa shape index (κ1) is 14.9. The highest BCUT2D eigenvalue weighted by Crippen LogP contribution is 2.46. The maximum atomic E-state index is 13.0. The van der Waals surface area contributed by atoms with Crippen LogP contribution in [0.1, 0.15) is 6.42 Å². The Morgan fingerprint density at radius 2 is 2.10 bits per heavy atom. The third-order valence-corrected chi connectivity index (χ3v) is 5.23. The van der Waals surface area contributed by atoms with Crippen LogP contribution in [-0.2, 0) is 14.8 Å². The summed E-state index contributed by atoms with van der Waals surface area (Å²) in [5.74, 6) is -2.06. The van der Waals surface area contributed by atoms with Crippen molar-refractivity contribution < 1.29 is 31.5 Å². The van der Waals surface area contributed by atoms with Crippen LogP contribution in [0.15, 0.2) is 23.4 Å². The minimum Gasteiger partial charge on any atom is -0.481 e. The molecule has 2 heterocycles. The van der Waals surface area contributed by atoms with Crippen molar-refractivity contribution in [3.05, 3.63) is 18.5 Å². The Labute approximate surface area is 112 Å². The minimum absolute atomic E-state index is 0.194. The number of aromatic nitrogens is 1. The molecule has 0 radical (unpaired) electrons. The molecule has 0 amide bonds. The van der Waals surface area contributed by atoms with Gasteiger partial charge in [-0.15, -0.1) is 0 Å². The van der Waals surface area contributed by atoms with Gasteiger partial charge in [-0.2, -0.15) is 17.5 Å². The van der Waals surface area contributed by atoms with Crippen molar-refractivity contribution in [1.82, 2.24) is 9.29 Å². The van der Waals surface area contributed by atoms with Gasteiger partial charge in [-0.25, -0.2) is 8.42 Å². The van der Waals surface area contributed by atoms with E-state index in [-0.39, 0.29) is 4.90 Å². The van der Waals surface area contributed by atoms with Gasteiger partial charge >= 0.3 is 12.1 Å². The van der Waals surface area contributed by atoms with Gasteiger partial charge in [0.15, 0.2) is 5.41 Å². The number of carbonyl (C=O) groups is 1. The molecule has 1 atom stereocenters. The molecular formula is C10H11F3N2O4S. The van der Waals surface area contributed by atoms with E-state index in [9.17, 15) is 26.4 Å². The standard InChI is InChI=1S/C10H11F3N2O4S/c11-10(12,13)9(8(16)17)2-4-15(6-9)20(18,19)7-1-3-14-5-7/h1,3,5,14H,2,4,6H2,(H,16,17). The molecule has 0 saturated carbocycles. The molecule has 1 aromatic rings. The normalized spacial score (nSPS) is 24.9. The molecule has 0 aromatic carbocycles. The summed E-state index contributed by atoms with van der Waals surface area (Å²) in [6.45, 7) is -1.60. The zero-order valence-electron chi connectivity index (χ0n) is 10.0. The molecule has 0 spiro atoms. The monoisotopic (exact) mass is 312 g/mol. The number of rotatable bonds is 3. The Kier molecular flexibility index (Phi) is 3.33. The number of H-pyrrole nitrogens is 1. The van der Waals surface area contributed by atoms with Crippen LogP contribution in [0.5, 0.6) is 0 Å².